The van der Waals surface area contributed by atoms with Gasteiger partial charge >= 0.3 is 0 Å². The van der Waals surface area contributed by atoms with Crippen molar-refractivity contribution in [1.29, 1.82) is 0 Å². The number of nitrogens with one attached hydrogen (secondary N) is 2. The molecule has 1 atom stereocenters. The zero-order valence-corrected chi connectivity index (χ0v) is 14.0. The largest absolute Gasteiger partial charge is 0.497 e. The molecule has 2 aromatic carbocycles. The van der Waals surface area contributed by atoms with Gasteiger partial charge in [-0.1, -0.05) is 36.4 Å². The van der Waals surface area contributed by atoms with Gasteiger partial charge in [0.05, 0.1) is 7.11 Å². The van der Waals surface area contributed by atoms with Gasteiger partial charge in [-0.25, -0.2) is 0 Å². The van der Waals surface area contributed by atoms with Crippen molar-refractivity contribution in [3.63, 3.8) is 0 Å². The maximum Gasteiger partial charge on any atom is 0.276 e. The van der Waals surface area contributed by atoms with E-state index < -0.39 is 17.9 Å². The van der Waals surface area contributed by atoms with Crippen LogP contribution in [0.25, 0.3) is 0 Å². The molecule has 2 aromatic rings. The first kappa shape index (κ1) is 18.3. The van der Waals surface area contributed by atoms with Gasteiger partial charge in [0.2, 0.25) is 0 Å². The fourth-order valence-electron chi connectivity index (χ4n) is 2.10. The topological polar surface area (TPSA) is 85.9 Å². The molecular formula is C18H20N2O5. The van der Waals surface area contributed by atoms with Crippen molar-refractivity contribution >= 4 is 11.8 Å². The summed E-state index contributed by atoms with van der Waals surface area (Å²) in [6, 6.07) is 15.8. The fraction of sp³-hybridized carbons (Fsp3) is 0.222. The predicted octanol–water partition coefficient (Wildman–Crippen LogP) is 1.61. The lowest BCUT2D eigenvalue weighted by Crippen LogP contribution is -2.46. The molecule has 7 heteroatoms. The van der Waals surface area contributed by atoms with Crippen LogP contribution in [0.15, 0.2) is 54.6 Å². The fourth-order valence-corrected chi connectivity index (χ4v) is 2.10. The van der Waals surface area contributed by atoms with E-state index in [0.717, 1.165) is 0 Å². The Balaban J connectivity index is 1.81. The van der Waals surface area contributed by atoms with Gasteiger partial charge < -0.3 is 14.2 Å². The highest BCUT2D eigenvalue weighted by molar-refractivity contribution is 5.86. The van der Waals surface area contributed by atoms with Gasteiger partial charge in [-0.15, -0.1) is 0 Å². The first-order valence-electron chi connectivity index (χ1n) is 7.57. The summed E-state index contributed by atoms with van der Waals surface area (Å²) >= 11 is 0. The minimum absolute atomic E-state index is 0.254. The lowest BCUT2D eigenvalue weighted by atomic mass is 10.1. The maximum atomic E-state index is 12.1. The number of rotatable bonds is 7. The van der Waals surface area contributed by atoms with Gasteiger partial charge in [0.25, 0.3) is 11.8 Å². The predicted molar refractivity (Wildman–Crippen MR) is 91.0 cm³/mol. The van der Waals surface area contributed by atoms with Crippen LogP contribution < -0.4 is 20.3 Å². The van der Waals surface area contributed by atoms with Gasteiger partial charge in [0.15, 0.2) is 12.7 Å². The molecule has 0 aliphatic carbocycles. The van der Waals surface area contributed by atoms with Crippen molar-refractivity contribution in [2.24, 2.45) is 0 Å². The van der Waals surface area contributed by atoms with Crippen molar-refractivity contribution in [2.45, 2.75) is 6.10 Å². The van der Waals surface area contributed by atoms with Crippen molar-refractivity contribution in [3.8, 4) is 11.5 Å². The van der Waals surface area contributed by atoms with E-state index in [1.54, 1.807) is 55.6 Å². The molecule has 2 N–H and O–H groups in total. The van der Waals surface area contributed by atoms with Gasteiger partial charge in [-0.3, -0.25) is 20.4 Å². The summed E-state index contributed by atoms with van der Waals surface area (Å²) in [6.45, 7) is -0.254. The lowest BCUT2D eigenvalue weighted by molar-refractivity contribution is -0.136. The zero-order valence-electron chi connectivity index (χ0n) is 14.0. The third-order valence-corrected chi connectivity index (χ3v) is 3.31. The van der Waals surface area contributed by atoms with E-state index in [-0.39, 0.29) is 6.61 Å². The Kier molecular flexibility index (Phi) is 6.79. The lowest BCUT2D eigenvalue weighted by Gasteiger charge is -2.16. The highest BCUT2D eigenvalue weighted by Gasteiger charge is 2.20. The normalized spacial score (nSPS) is 11.3. The van der Waals surface area contributed by atoms with Crippen LogP contribution in [0.4, 0.5) is 0 Å². The van der Waals surface area contributed by atoms with Crippen molar-refractivity contribution in [3.05, 3.63) is 60.2 Å². The minimum Gasteiger partial charge on any atom is -0.497 e. The molecule has 2 rings (SSSR count). The number of methoxy groups -OCH3 is 2. The molecule has 0 saturated heterocycles. The Morgan fingerprint density at radius 1 is 0.960 bits per heavy atom. The highest BCUT2D eigenvalue weighted by atomic mass is 16.5. The van der Waals surface area contributed by atoms with Crippen LogP contribution in [-0.4, -0.2) is 32.6 Å². The average Bonchev–Trinajstić information content (AvgIpc) is 2.66. The Labute approximate surface area is 145 Å². The number of hydrazine groups is 1. The van der Waals surface area contributed by atoms with E-state index >= 15 is 0 Å². The quantitative estimate of drug-likeness (QED) is 0.745. The van der Waals surface area contributed by atoms with Gasteiger partial charge in [0.1, 0.15) is 11.5 Å². The number of carbonyl (C=O) groups excluding carboxylic acids is 2. The summed E-state index contributed by atoms with van der Waals surface area (Å²) in [4.78, 5) is 23.9. The zero-order chi connectivity index (χ0) is 18.1. The summed E-state index contributed by atoms with van der Waals surface area (Å²) in [5.41, 5.74) is 5.30. The Bertz CT molecular complexity index is 706. The third-order valence-electron chi connectivity index (χ3n) is 3.31. The van der Waals surface area contributed by atoms with Gasteiger partial charge in [0, 0.05) is 13.2 Å². The van der Waals surface area contributed by atoms with Gasteiger partial charge in [-0.05, 0) is 17.7 Å². The molecule has 0 heterocycles. The molecule has 7 nitrogen and oxygen atoms in total. The van der Waals surface area contributed by atoms with E-state index in [1.807, 2.05) is 6.07 Å². The summed E-state index contributed by atoms with van der Waals surface area (Å²) < 4.78 is 15.6. The molecule has 25 heavy (non-hydrogen) atoms. The maximum absolute atomic E-state index is 12.1. The van der Waals surface area contributed by atoms with E-state index in [2.05, 4.69) is 10.9 Å². The molecule has 0 aliphatic heterocycles. The average molecular weight is 344 g/mol. The second-order valence-electron chi connectivity index (χ2n) is 5.03. The first-order chi connectivity index (χ1) is 12.1. The molecule has 0 saturated carbocycles. The Morgan fingerprint density at radius 3 is 2.36 bits per heavy atom. The number of ether oxygens (including phenoxy) is 3. The minimum atomic E-state index is -0.819. The van der Waals surface area contributed by atoms with E-state index in [0.29, 0.717) is 17.1 Å². The monoisotopic (exact) mass is 344 g/mol. The van der Waals surface area contributed by atoms with E-state index in [9.17, 15) is 9.59 Å². The molecular weight excluding hydrogens is 324 g/mol. The molecule has 0 unspecified atom stereocenters. The van der Waals surface area contributed by atoms with Crippen LogP contribution in [0, 0.1) is 0 Å². The number of amides is 2. The second-order valence-corrected chi connectivity index (χ2v) is 5.03. The number of hydrogen-bond donors (Lipinski definition) is 2. The standard InChI is InChI=1S/C18H20N2O5/c1-23-14-9-6-10-15(11-14)25-12-16(21)19-20-18(22)17(24-2)13-7-4-3-5-8-13/h3-11,17H,12H2,1-2H3,(H,19,21)(H,20,22)/t17-/m1/s1. The molecule has 132 valence electrons. The molecule has 0 aliphatic rings. The second kappa shape index (κ2) is 9.29. The molecule has 0 bridgehead atoms. The summed E-state index contributed by atoms with van der Waals surface area (Å²) in [5.74, 6) is 0.124. The summed E-state index contributed by atoms with van der Waals surface area (Å²) in [7, 11) is 2.96. The molecule has 2 amide bonds. The molecule has 0 fully saturated rings. The van der Waals surface area contributed by atoms with Crippen LogP contribution in [0.5, 0.6) is 11.5 Å². The number of carbonyl (C=O) groups is 2. The summed E-state index contributed by atoms with van der Waals surface area (Å²) in [5, 5.41) is 0. The molecule has 0 aromatic heterocycles. The summed E-state index contributed by atoms with van der Waals surface area (Å²) in [6.07, 6.45) is -0.819. The molecule has 0 radical (unpaired) electrons. The smallest absolute Gasteiger partial charge is 0.276 e. The van der Waals surface area contributed by atoms with Crippen molar-refractivity contribution in [1.82, 2.24) is 10.9 Å². The SMILES string of the molecule is COc1cccc(OCC(=O)NNC(=O)[C@H](OC)c2ccccc2)c1. The highest BCUT2D eigenvalue weighted by Crippen LogP contribution is 2.18. The van der Waals surface area contributed by atoms with Crippen LogP contribution in [0.1, 0.15) is 11.7 Å². The van der Waals surface area contributed by atoms with Crippen LogP contribution in [-0.2, 0) is 14.3 Å². The third kappa shape index (κ3) is 5.50. The van der Waals surface area contributed by atoms with Crippen LogP contribution in [0.3, 0.4) is 0 Å². The van der Waals surface area contributed by atoms with Crippen molar-refractivity contribution < 1.29 is 23.8 Å². The van der Waals surface area contributed by atoms with E-state index in [1.165, 1.54) is 7.11 Å². The van der Waals surface area contributed by atoms with Gasteiger partial charge in [-0.2, -0.15) is 0 Å². The van der Waals surface area contributed by atoms with Crippen molar-refractivity contribution in [2.75, 3.05) is 20.8 Å². The number of hydrogen-bond acceptors (Lipinski definition) is 5. The van der Waals surface area contributed by atoms with E-state index in [4.69, 9.17) is 14.2 Å². The first-order valence-corrected chi connectivity index (χ1v) is 7.57. The number of benzene rings is 2. The van der Waals surface area contributed by atoms with Crippen LogP contribution in [0.2, 0.25) is 0 Å². The molecule has 0 spiro atoms. The Hall–Kier alpha value is -3.06. The Morgan fingerprint density at radius 2 is 1.68 bits per heavy atom. The van der Waals surface area contributed by atoms with Crippen LogP contribution >= 0.6 is 0 Å².